The number of hydrogen-bond donors (Lipinski definition) is 0. The van der Waals surface area contributed by atoms with Crippen molar-refractivity contribution < 1.29 is 16.8 Å². The molecule has 0 aliphatic carbocycles. The molecule has 88 valence electrons. The molecule has 0 saturated heterocycles. The van der Waals surface area contributed by atoms with E-state index in [9.17, 15) is 8.42 Å². The molecule has 0 fully saturated rings. The topological polar surface area (TPSA) is 52.6 Å². The Balaban J connectivity index is 0. The summed E-state index contributed by atoms with van der Waals surface area (Å²) >= 11 is 0. The molecule has 0 N–H and O–H groups in total. The van der Waals surface area contributed by atoms with Gasteiger partial charge in [0.15, 0.2) is 0 Å². The molecule has 0 aliphatic heterocycles. The van der Waals surface area contributed by atoms with Crippen molar-refractivity contribution in [2.75, 3.05) is 13.7 Å². The Morgan fingerprint density at radius 2 is 1.53 bits per heavy atom. The zero-order valence-corrected chi connectivity index (χ0v) is 9.81. The average Bonchev–Trinajstić information content (AvgIpc) is 2.16. The summed E-state index contributed by atoms with van der Waals surface area (Å²) in [6.07, 6.45) is 6.61. The van der Waals surface area contributed by atoms with Crippen molar-refractivity contribution in [2.45, 2.75) is 45.4 Å². The molecule has 0 saturated carbocycles. The zero-order valence-electron chi connectivity index (χ0n) is 8.99. The van der Waals surface area contributed by atoms with Crippen LogP contribution in [-0.2, 0) is 18.8 Å². The molecule has 0 rings (SSSR count). The normalized spacial score (nSPS) is 11.1. The Morgan fingerprint density at radius 3 is 2.07 bits per heavy atom. The molecule has 0 amide bonds. The molecule has 0 bridgehead atoms. The van der Waals surface area contributed by atoms with Crippen LogP contribution in [0.1, 0.15) is 45.4 Å². The van der Waals surface area contributed by atoms with Gasteiger partial charge in [-0.2, -0.15) is 8.42 Å². The molecule has 15 heavy (non-hydrogen) atoms. The Bertz CT molecular complexity index is 216. The summed E-state index contributed by atoms with van der Waals surface area (Å²) in [5.74, 6) is 0. The van der Waals surface area contributed by atoms with Crippen LogP contribution in [0, 0.1) is 0 Å². The van der Waals surface area contributed by atoms with Gasteiger partial charge in [-0.15, -0.1) is 0 Å². The van der Waals surface area contributed by atoms with E-state index in [1.54, 1.807) is 0 Å². The van der Waals surface area contributed by atoms with E-state index in [4.69, 9.17) is 0 Å². The van der Waals surface area contributed by atoms with Crippen LogP contribution in [0.5, 0.6) is 0 Å². The summed E-state index contributed by atoms with van der Waals surface area (Å²) < 4.78 is 30.0. The van der Waals surface area contributed by atoms with Crippen molar-refractivity contribution in [1.29, 1.82) is 0 Å². The van der Waals surface area contributed by atoms with Crippen LogP contribution >= 0.6 is 0 Å². The van der Waals surface area contributed by atoms with Gasteiger partial charge in [-0.1, -0.05) is 39.0 Å². The fourth-order valence-corrected chi connectivity index (χ4v) is 1.51. The first-order chi connectivity index (χ1) is 6.62. The van der Waals surface area contributed by atoms with Crippen molar-refractivity contribution in [3.05, 3.63) is 0 Å². The summed E-state index contributed by atoms with van der Waals surface area (Å²) in [6, 6.07) is 0. The maximum atomic E-state index is 10.7. The van der Waals surface area contributed by atoms with Gasteiger partial charge in [0.25, 0.3) is 0 Å². The third kappa shape index (κ3) is 12.8. The predicted octanol–water partition coefficient (Wildman–Crippen LogP) is 1.61. The van der Waals surface area contributed by atoms with E-state index in [2.05, 4.69) is 15.3 Å². The molecule has 0 unspecified atom stereocenters. The molecule has 0 radical (unpaired) electrons. The zero-order chi connectivity index (χ0) is 10.9. The van der Waals surface area contributed by atoms with Gasteiger partial charge < -0.3 is 0 Å². The van der Waals surface area contributed by atoms with E-state index in [0.29, 0.717) is 0 Å². The Labute approximate surface area is 115 Å². The Kier molecular flexibility index (Phi) is 13.8. The second kappa shape index (κ2) is 11.4. The summed E-state index contributed by atoms with van der Waals surface area (Å²) in [6.45, 7) is 2.39. The van der Waals surface area contributed by atoms with Gasteiger partial charge in [0.2, 0.25) is 0 Å². The molecule has 0 aliphatic rings. The van der Waals surface area contributed by atoms with Gasteiger partial charge >= 0.3 is 40.0 Å². The molecule has 6 heteroatoms. The van der Waals surface area contributed by atoms with Crippen LogP contribution in [0.4, 0.5) is 0 Å². The van der Waals surface area contributed by atoms with Gasteiger partial charge in [0, 0.05) is 0 Å². The third-order valence-corrected chi connectivity index (χ3v) is 2.79. The molecular weight excluding hydrogens is 227 g/mol. The van der Waals surface area contributed by atoms with Crippen LogP contribution in [0.3, 0.4) is 0 Å². The molecule has 0 aromatic rings. The first kappa shape index (κ1) is 18.2. The van der Waals surface area contributed by atoms with Crippen molar-refractivity contribution in [1.82, 2.24) is 0 Å². The van der Waals surface area contributed by atoms with E-state index in [-0.39, 0.29) is 36.2 Å². The van der Waals surface area contributed by atoms with Gasteiger partial charge in [0.1, 0.15) is 0 Å². The fourth-order valence-electron chi connectivity index (χ4n) is 1.09. The first-order valence-corrected chi connectivity index (χ1v) is 6.40. The third-order valence-electron chi connectivity index (χ3n) is 1.93. The molecule has 0 heterocycles. The van der Waals surface area contributed by atoms with Gasteiger partial charge in [-0.05, 0) is 6.42 Å². The summed E-state index contributed by atoms with van der Waals surface area (Å²) in [5.41, 5.74) is 0. The summed E-state index contributed by atoms with van der Waals surface area (Å²) in [5, 5.41) is 0. The minimum atomic E-state index is -3.72. The van der Waals surface area contributed by atoms with E-state index in [1.807, 2.05) is 0 Å². The predicted molar refractivity (Wildman–Crippen MR) is 62.4 cm³/mol. The quantitative estimate of drug-likeness (QED) is 0.459. The van der Waals surface area contributed by atoms with Crippen LogP contribution < -0.4 is 0 Å². The monoisotopic (exact) mass is 248 g/mol. The van der Waals surface area contributed by atoms with E-state index in [0.717, 1.165) is 26.4 Å². The second-order valence-corrected chi connectivity index (χ2v) is 4.55. The molecule has 0 aromatic carbocycles. The second-order valence-electron chi connectivity index (χ2n) is 3.16. The molecule has 0 spiro atoms. The molecular formula is C9H21NaO4S. The van der Waals surface area contributed by atoms with Crippen LogP contribution in [0.25, 0.3) is 0 Å². The SMILES string of the molecule is CCCCCCCCOS(=O)(=O)OC.[NaH]. The van der Waals surface area contributed by atoms with E-state index < -0.39 is 10.4 Å². The van der Waals surface area contributed by atoms with Crippen molar-refractivity contribution in [3.63, 3.8) is 0 Å². The maximum absolute atomic E-state index is 10.7. The van der Waals surface area contributed by atoms with Crippen molar-refractivity contribution in [3.8, 4) is 0 Å². The minimum absolute atomic E-state index is 0. The van der Waals surface area contributed by atoms with E-state index in [1.165, 1.54) is 19.3 Å². The number of rotatable bonds is 9. The molecule has 0 aromatic heterocycles. The molecule has 0 atom stereocenters. The van der Waals surface area contributed by atoms with Crippen LogP contribution in [0.15, 0.2) is 0 Å². The molecule has 4 nitrogen and oxygen atoms in total. The van der Waals surface area contributed by atoms with Crippen LogP contribution in [-0.4, -0.2) is 51.7 Å². The van der Waals surface area contributed by atoms with Gasteiger partial charge in [-0.3, -0.25) is 4.18 Å². The summed E-state index contributed by atoms with van der Waals surface area (Å²) in [7, 11) is -2.62. The number of hydrogen-bond acceptors (Lipinski definition) is 4. The van der Waals surface area contributed by atoms with Crippen LogP contribution in [0.2, 0.25) is 0 Å². The van der Waals surface area contributed by atoms with E-state index >= 15 is 0 Å². The van der Waals surface area contributed by atoms with Crippen molar-refractivity contribution in [2.24, 2.45) is 0 Å². The summed E-state index contributed by atoms with van der Waals surface area (Å²) in [4.78, 5) is 0. The standard InChI is InChI=1S/C9H20O4S.Na.H/c1-3-4-5-6-7-8-9-13-14(10,11)12-2;;/h3-9H2,1-2H3;;. The van der Waals surface area contributed by atoms with Crippen molar-refractivity contribution >= 4 is 40.0 Å². The number of unbranched alkanes of at least 4 members (excludes halogenated alkanes) is 5. The fraction of sp³-hybridized carbons (Fsp3) is 1.00. The Morgan fingerprint density at radius 1 is 1.00 bits per heavy atom. The average molecular weight is 248 g/mol. The van der Waals surface area contributed by atoms with Gasteiger partial charge in [-0.25, -0.2) is 4.18 Å². The van der Waals surface area contributed by atoms with Gasteiger partial charge in [0.05, 0.1) is 13.7 Å². The Hall–Kier alpha value is 0.870. The first-order valence-electron chi connectivity index (χ1n) is 5.07.